The largest absolute Gasteiger partial charge is 0.331 e. The summed E-state index contributed by atoms with van der Waals surface area (Å²) in [6.45, 7) is 3.61. The molecule has 2 aromatic rings. The first kappa shape index (κ1) is 17.6. The Kier molecular flexibility index (Phi) is 4.91. The highest BCUT2D eigenvalue weighted by atomic mass is 35.5. The zero-order chi connectivity index (χ0) is 18.1. The number of nitrogens with zero attached hydrogens (tertiary/aromatic N) is 3. The predicted molar refractivity (Wildman–Crippen MR) is 95.6 cm³/mol. The fourth-order valence-electron chi connectivity index (χ4n) is 3.43. The van der Waals surface area contributed by atoms with Crippen molar-refractivity contribution in [2.75, 3.05) is 13.1 Å². The minimum absolute atomic E-state index is 0.0523. The highest BCUT2D eigenvalue weighted by molar-refractivity contribution is 6.31. The van der Waals surface area contributed by atoms with Gasteiger partial charge in [-0.05, 0) is 38.4 Å². The van der Waals surface area contributed by atoms with Crippen molar-refractivity contribution < 1.29 is 4.92 Å². The van der Waals surface area contributed by atoms with Gasteiger partial charge in [0.25, 0.3) is 11.2 Å². The lowest BCUT2D eigenvalue weighted by molar-refractivity contribution is -0.383. The molecule has 1 aromatic heterocycles. The molecule has 3 rings (SSSR count). The Bertz CT molecular complexity index is 944. The molecule has 25 heavy (non-hydrogen) atoms. The molecule has 1 fully saturated rings. The van der Waals surface area contributed by atoms with Crippen LogP contribution in [-0.2, 0) is 6.54 Å². The number of aromatic nitrogens is 2. The van der Waals surface area contributed by atoms with Crippen molar-refractivity contribution in [2.24, 2.45) is 0 Å². The maximum atomic E-state index is 13.0. The smallest absolute Gasteiger partial charge is 0.317 e. The number of hydrogen-bond acceptors (Lipinski definition) is 5. The van der Waals surface area contributed by atoms with E-state index in [1.165, 1.54) is 21.3 Å². The lowest BCUT2D eigenvalue weighted by Crippen LogP contribution is -2.45. The van der Waals surface area contributed by atoms with E-state index in [1.807, 2.05) is 6.92 Å². The third-order valence-corrected chi connectivity index (χ3v) is 4.75. The van der Waals surface area contributed by atoms with E-state index in [0.29, 0.717) is 25.8 Å². The SMILES string of the molecule is CCCn1c(=O)n(C2CCNCC2)c(=O)c2cc(Cl)cc([N+](=O)[O-])c21. The lowest BCUT2D eigenvalue weighted by atomic mass is 10.1. The molecule has 0 bridgehead atoms. The van der Waals surface area contributed by atoms with Gasteiger partial charge in [-0.25, -0.2) is 4.79 Å². The molecule has 9 heteroatoms. The Balaban J connectivity index is 2.42. The maximum Gasteiger partial charge on any atom is 0.331 e. The molecular weight excluding hydrogens is 348 g/mol. The summed E-state index contributed by atoms with van der Waals surface area (Å²) in [6.07, 6.45) is 1.93. The van der Waals surface area contributed by atoms with Crippen molar-refractivity contribution >= 4 is 28.2 Å². The molecule has 1 aliphatic rings. The average molecular weight is 367 g/mol. The molecule has 0 spiro atoms. The normalized spacial score (nSPS) is 15.6. The maximum absolute atomic E-state index is 13.0. The van der Waals surface area contributed by atoms with Gasteiger partial charge in [-0.2, -0.15) is 0 Å². The molecule has 1 aliphatic heterocycles. The molecule has 8 nitrogen and oxygen atoms in total. The van der Waals surface area contributed by atoms with Crippen molar-refractivity contribution in [3.8, 4) is 0 Å². The van der Waals surface area contributed by atoms with Crippen molar-refractivity contribution in [3.63, 3.8) is 0 Å². The Morgan fingerprint density at radius 1 is 1.32 bits per heavy atom. The third-order valence-electron chi connectivity index (χ3n) is 4.53. The second kappa shape index (κ2) is 6.97. The monoisotopic (exact) mass is 366 g/mol. The van der Waals surface area contributed by atoms with E-state index in [-0.39, 0.29) is 27.7 Å². The van der Waals surface area contributed by atoms with Crippen LogP contribution in [0.15, 0.2) is 21.7 Å². The van der Waals surface area contributed by atoms with Crippen LogP contribution in [0.4, 0.5) is 5.69 Å². The topological polar surface area (TPSA) is 99.2 Å². The van der Waals surface area contributed by atoms with Gasteiger partial charge in [0.2, 0.25) is 0 Å². The van der Waals surface area contributed by atoms with Gasteiger partial charge in [-0.15, -0.1) is 0 Å². The highest BCUT2D eigenvalue weighted by Crippen LogP contribution is 2.28. The first-order chi connectivity index (χ1) is 12.0. The Morgan fingerprint density at radius 3 is 2.60 bits per heavy atom. The number of piperidine rings is 1. The molecule has 0 amide bonds. The Morgan fingerprint density at radius 2 is 2.00 bits per heavy atom. The predicted octanol–water partition coefficient (Wildman–Crippen LogP) is 2.06. The first-order valence-electron chi connectivity index (χ1n) is 8.29. The summed E-state index contributed by atoms with van der Waals surface area (Å²) in [5.41, 5.74) is -1.26. The number of fused-ring (bicyclic) bond motifs is 1. The number of aryl methyl sites for hydroxylation is 1. The molecule has 0 saturated carbocycles. The summed E-state index contributed by atoms with van der Waals surface area (Å²) in [5.74, 6) is 0. The van der Waals surface area contributed by atoms with Crippen LogP contribution in [0.25, 0.3) is 10.9 Å². The summed E-state index contributed by atoms with van der Waals surface area (Å²) < 4.78 is 2.59. The average Bonchev–Trinajstić information content (AvgIpc) is 2.59. The van der Waals surface area contributed by atoms with Gasteiger partial charge in [-0.1, -0.05) is 18.5 Å². The second-order valence-corrected chi connectivity index (χ2v) is 6.61. The molecule has 134 valence electrons. The molecule has 0 unspecified atom stereocenters. The molecule has 0 radical (unpaired) electrons. The summed E-state index contributed by atoms with van der Waals surface area (Å²) in [5, 5.41) is 14.9. The number of rotatable bonds is 4. The lowest BCUT2D eigenvalue weighted by Gasteiger charge is -2.25. The van der Waals surface area contributed by atoms with Gasteiger partial charge in [0.05, 0.1) is 10.3 Å². The number of halogens is 1. The molecule has 0 atom stereocenters. The standard InChI is InChI=1S/C16H19ClN4O4/c1-2-7-19-14-12(8-10(17)9-13(14)21(24)25)15(22)20(16(19)23)11-3-5-18-6-4-11/h8-9,11,18H,2-7H2,1H3. The third kappa shape index (κ3) is 3.07. The van der Waals surface area contributed by atoms with Crippen LogP contribution in [-0.4, -0.2) is 27.1 Å². The summed E-state index contributed by atoms with van der Waals surface area (Å²) in [6, 6.07) is 2.38. The van der Waals surface area contributed by atoms with E-state index in [2.05, 4.69) is 5.32 Å². The van der Waals surface area contributed by atoms with Crippen molar-refractivity contribution in [2.45, 2.75) is 38.8 Å². The molecule has 1 aromatic carbocycles. The van der Waals surface area contributed by atoms with E-state index in [4.69, 9.17) is 11.6 Å². The van der Waals surface area contributed by atoms with Crippen LogP contribution < -0.4 is 16.6 Å². The Labute approximate surface area is 148 Å². The molecule has 1 saturated heterocycles. The highest BCUT2D eigenvalue weighted by Gasteiger charge is 2.26. The zero-order valence-corrected chi connectivity index (χ0v) is 14.6. The van der Waals surface area contributed by atoms with Crippen LogP contribution in [0.3, 0.4) is 0 Å². The molecular formula is C16H19ClN4O4. The van der Waals surface area contributed by atoms with Gasteiger partial charge >= 0.3 is 5.69 Å². The van der Waals surface area contributed by atoms with Crippen molar-refractivity contribution in [1.82, 2.24) is 14.5 Å². The quantitative estimate of drug-likeness (QED) is 0.659. The van der Waals surface area contributed by atoms with Crippen molar-refractivity contribution in [1.29, 1.82) is 0 Å². The number of nitro benzene ring substituents is 1. The number of hydrogen-bond donors (Lipinski definition) is 1. The van der Waals surface area contributed by atoms with E-state index in [1.54, 1.807) is 0 Å². The van der Waals surface area contributed by atoms with Gasteiger partial charge < -0.3 is 5.32 Å². The van der Waals surface area contributed by atoms with Crippen LogP contribution in [0.5, 0.6) is 0 Å². The van der Waals surface area contributed by atoms with Crippen molar-refractivity contribution in [3.05, 3.63) is 48.1 Å². The van der Waals surface area contributed by atoms with Gasteiger partial charge in [0.1, 0.15) is 5.52 Å². The summed E-state index contributed by atoms with van der Waals surface area (Å²) >= 11 is 6.00. The van der Waals surface area contributed by atoms with E-state index in [0.717, 1.165) is 13.1 Å². The number of nitrogens with one attached hydrogen (secondary N) is 1. The first-order valence-corrected chi connectivity index (χ1v) is 8.67. The summed E-state index contributed by atoms with van der Waals surface area (Å²) in [7, 11) is 0. The van der Waals surface area contributed by atoms with E-state index >= 15 is 0 Å². The number of nitro groups is 1. The summed E-state index contributed by atoms with van der Waals surface area (Å²) in [4.78, 5) is 36.8. The minimum atomic E-state index is -0.603. The van der Waals surface area contributed by atoms with E-state index < -0.39 is 16.2 Å². The second-order valence-electron chi connectivity index (χ2n) is 6.17. The molecule has 1 N–H and O–H groups in total. The number of benzene rings is 1. The van der Waals surface area contributed by atoms with Crippen LogP contribution in [0, 0.1) is 10.1 Å². The zero-order valence-electron chi connectivity index (χ0n) is 13.8. The number of non-ortho nitro benzene ring substituents is 1. The van der Waals surface area contributed by atoms with Crippen LogP contribution in [0.1, 0.15) is 32.2 Å². The minimum Gasteiger partial charge on any atom is -0.317 e. The molecule has 0 aliphatic carbocycles. The van der Waals surface area contributed by atoms with E-state index in [9.17, 15) is 19.7 Å². The van der Waals surface area contributed by atoms with Gasteiger partial charge in [0.15, 0.2) is 0 Å². The Hall–Kier alpha value is -2.19. The fourth-order valence-corrected chi connectivity index (χ4v) is 3.64. The van der Waals surface area contributed by atoms with Gasteiger partial charge in [-0.3, -0.25) is 24.0 Å². The van der Waals surface area contributed by atoms with Crippen LogP contribution in [0.2, 0.25) is 5.02 Å². The fraction of sp³-hybridized carbons (Fsp3) is 0.500. The van der Waals surface area contributed by atoms with Crippen LogP contribution >= 0.6 is 11.6 Å². The molecule has 2 heterocycles. The van der Waals surface area contributed by atoms with Gasteiger partial charge in [0, 0.05) is 23.7 Å².